The molecule has 162 valence electrons. The second-order valence-electron chi connectivity index (χ2n) is 7.92. The van der Waals surface area contributed by atoms with Crippen LogP contribution in [0.2, 0.25) is 10.0 Å². The van der Waals surface area contributed by atoms with E-state index < -0.39 is 6.03 Å². The normalized spacial score (nSPS) is 17.1. The standard InChI is InChI=1S/C21H28Cl2N6O/c22-17-6-3-7-18(20(17)23)27-13-11-26(12-14-27)8-4-9-28(21(24)30)19-15-16-5-1-2-10-29(16)25-19/h3,6-7,15H,1-2,4-5,8-14H2,(H2,24,30). The minimum Gasteiger partial charge on any atom is -0.368 e. The van der Waals surface area contributed by atoms with Crippen molar-refractivity contribution in [1.82, 2.24) is 14.7 Å². The fourth-order valence-electron chi connectivity index (χ4n) is 4.27. The highest BCUT2D eigenvalue weighted by Crippen LogP contribution is 2.32. The van der Waals surface area contributed by atoms with Crippen molar-refractivity contribution in [3.05, 3.63) is 40.0 Å². The van der Waals surface area contributed by atoms with E-state index in [-0.39, 0.29) is 0 Å². The average molecular weight is 451 g/mol. The summed E-state index contributed by atoms with van der Waals surface area (Å²) in [6, 6.07) is 7.33. The lowest BCUT2D eigenvalue weighted by atomic mass is 10.1. The largest absolute Gasteiger partial charge is 0.368 e. The van der Waals surface area contributed by atoms with Gasteiger partial charge in [-0.25, -0.2) is 4.79 Å². The number of amides is 2. The SMILES string of the molecule is NC(=O)N(CCCN1CCN(c2cccc(Cl)c2Cl)CC1)c1cc2n(n1)CCCC2. The lowest BCUT2D eigenvalue weighted by molar-refractivity contribution is 0.247. The fraction of sp³-hybridized carbons (Fsp3) is 0.524. The highest BCUT2D eigenvalue weighted by molar-refractivity contribution is 6.43. The number of hydrogen-bond donors (Lipinski definition) is 1. The molecule has 2 aliphatic heterocycles. The molecule has 30 heavy (non-hydrogen) atoms. The molecule has 0 bridgehead atoms. The zero-order valence-electron chi connectivity index (χ0n) is 17.1. The van der Waals surface area contributed by atoms with Crippen LogP contribution in [0, 0.1) is 0 Å². The van der Waals surface area contributed by atoms with Gasteiger partial charge in [-0.1, -0.05) is 29.3 Å². The lowest BCUT2D eigenvalue weighted by Gasteiger charge is -2.36. The van der Waals surface area contributed by atoms with Crippen LogP contribution in [0.1, 0.15) is 25.0 Å². The summed E-state index contributed by atoms with van der Waals surface area (Å²) in [6.45, 7) is 6.08. The van der Waals surface area contributed by atoms with Crippen molar-refractivity contribution in [3.63, 3.8) is 0 Å². The van der Waals surface area contributed by atoms with E-state index in [2.05, 4.69) is 14.9 Å². The van der Waals surface area contributed by atoms with Crippen molar-refractivity contribution in [2.75, 3.05) is 49.1 Å². The zero-order valence-corrected chi connectivity index (χ0v) is 18.6. The van der Waals surface area contributed by atoms with E-state index in [4.69, 9.17) is 28.9 Å². The summed E-state index contributed by atoms with van der Waals surface area (Å²) < 4.78 is 2.01. The van der Waals surface area contributed by atoms with Crippen LogP contribution in [0.25, 0.3) is 0 Å². The molecule has 1 aromatic heterocycles. The van der Waals surface area contributed by atoms with Crippen molar-refractivity contribution in [2.45, 2.75) is 32.2 Å². The van der Waals surface area contributed by atoms with Crippen molar-refractivity contribution in [2.24, 2.45) is 5.73 Å². The number of fused-ring (bicyclic) bond motifs is 1. The lowest BCUT2D eigenvalue weighted by Crippen LogP contribution is -2.47. The van der Waals surface area contributed by atoms with Gasteiger partial charge in [0.25, 0.3) is 0 Å². The summed E-state index contributed by atoms with van der Waals surface area (Å²) in [5.41, 5.74) is 7.83. The molecule has 2 N–H and O–H groups in total. The van der Waals surface area contributed by atoms with Crippen LogP contribution in [-0.4, -0.2) is 60.0 Å². The van der Waals surface area contributed by atoms with Gasteiger partial charge in [-0.3, -0.25) is 14.5 Å². The number of anilines is 2. The van der Waals surface area contributed by atoms with E-state index >= 15 is 0 Å². The molecule has 0 aliphatic carbocycles. The molecule has 1 aromatic carbocycles. The van der Waals surface area contributed by atoms with Gasteiger partial charge in [-0.15, -0.1) is 0 Å². The molecule has 7 nitrogen and oxygen atoms in total. The molecule has 9 heteroatoms. The molecule has 0 unspecified atom stereocenters. The number of carbonyl (C=O) groups excluding carboxylic acids is 1. The maximum atomic E-state index is 12.0. The Hall–Kier alpha value is -1.96. The van der Waals surface area contributed by atoms with Crippen molar-refractivity contribution >= 4 is 40.7 Å². The molecule has 1 saturated heterocycles. The third-order valence-electron chi connectivity index (χ3n) is 5.95. The van der Waals surface area contributed by atoms with Gasteiger partial charge in [0.2, 0.25) is 0 Å². The number of carbonyl (C=O) groups is 1. The van der Waals surface area contributed by atoms with Crippen LogP contribution in [0.4, 0.5) is 16.3 Å². The number of urea groups is 1. The van der Waals surface area contributed by atoms with Gasteiger partial charge in [-0.2, -0.15) is 5.10 Å². The van der Waals surface area contributed by atoms with Crippen LogP contribution < -0.4 is 15.5 Å². The molecule has 2 aliphatic rings. The van der Waals surface area contributed by atoms with Crippen molar-refractivity contribution < 1.29 is 4.79 Å². The number of benzene rings is 1. The summed E-state index contributed by atoms with van der Waals surface area (Å²) in [5.74, 6) is 0.680. The molecular formula is C21H28Cl2N6O. The number of piperazine rings is 1. The number of nitrogens with two attached hydrogens (primary N) is 1. The first-order valence-electron chi connectivity index (χ1n) is 10.6. The number of halogens is 2. The van der Waals surface area contributed by atoms with E-state index in [1.165, 1.54) is 12.1 Å². The molecule has 0 saturated carbocycles. The smallest absolute Gasteiger partial charge is 0.320 e. The predicted molar refractivity (Wildman–Crippen MR) is 122 cm³/mol. The van der Waals surface area contributed by atoms with E-state index in [1.54, 1.807) is 4.90 Å². The highest BCUT2D eigenvalue weighted by atomic mass is 35.5. The maximum absolute atomic E-state index is 12.0. The molecule has 0 atom stereocenters. The molecule has 3 heterocycles. The molecular weight excluding hydrogens is 423 g/mol. The number of primary amides is 1. The Kier molecular flexibility index (Phi) is 6.71. The molecule has 0 radical (unpaired) electrons. The first-order chi connectivity index (χ1) is 14.5. The fourth-order valence-corrected chi connectivity index (χ4v) is 4.69. The molecule has 4 rings (SSSR count). The monoisotopic (exact) mass is 450 g/mol. The second-order valence-corrected chi connectivity index (χ2v) is 8.70. The van der Waals surface area contributed by atoms with Crippen molar-refractivity contribution in [3.8, 4) is 0 Å². The van der Waals surface area contributed by atoms with Gasteiger partial charge in [0.1, 0.15) is 0 Å². The van der Waals surface area contributed by atoms with Gasteiger partial charge >= 0.3 is 6.03 Å². The topological polar surface area (TPSA) is 70.6 Å². The Labute approximate surface area is 187 Å². The van der Waals surface area contributed by atoms with Crippen LogP contribution in [-0.2, 0) is 13.0 Å². The Morgan fingerprint density at radius 2 is 1.93 bits per heavy atom. The second kappa shape index (κ2) is 9.45. The molecule has 0 spiro atoms. The minimum absolute atomic E-state index is 0.439. The Morgan fingerprint density at radius 3 is 2.67 bits per heavy atom. The summed E-state index contributed by atoms with van der Waals surface area (Å²) in [6.07, 6.45) is 4.18. The predicted octanol–water partition coefficient (Wildman–Crippen LogP) is 3.62. The van der Waals surface area contributed by atoms with E-state index in [0.717, 1.165) is 64.2 Å². The first kappa shape index (κ1) is 21.3. The third kappa shape index (κ3) is 4.68. The Morgan fingerprint density at radius 1 is 1.13 bits per heavy atom. The number of hydrogen-bond acceptors (Lipinski definition) is 4. The molecule has 1 fully saturated rings. The van der Waals surface area contributed by atoms with Crippen LogP contribution in [0.15, 0.2) is 24.3 Å². The number of aromatic nitrogens is 2. The van der Waals surface area contributed by atoms with Gasteiger partial charge in [0.05, 0.1) is 15.7 Å². The number of nitrogens with zero attached hydrogens (tertiary/aromatic N) is 5. The average Bonchev–Trinajstić information content (AvgIpc) is 3.17. The quantitative estimate of drug-likeness (QED) is 0.729. The Balaban J connectivity index is 1.28. The van der Waals surface area contributed by atoms with Crippen molar-refractivity contribution in [1.29, 1.82) is 0 Å². The van der Waals surface area contributed by atoms with Crippen LogP contribution >= 0.6 is 23.2 Å². The summed E-state index contributed by atoms with van der Waals surface area (Å²) in [4.78, 5) is 18.3. The van der Waals surface area contributed by atoms with E-state index in [9.17, 15) is 4.79 Å². The summed E-state index contributed by atoms with van der Waals surface area (Å²) in [7, 11) is 0. The van der Waals surface area contributed by atoms with Crippen LogP contribution in [0.5, 0.6) is 0 Å². The zero-order chi connectivity index (χ0) is 21.1. The van der Waals surface area contributed by atoms with E-state index in [0.29, 0.717) is 22.4 Å². The highest BCUT2D eigenvalue weighted by Gasteiger charge is 2.22. The van der Waals surface area contributed by atoms with E-state index in [1.807, 2.05) is 28.9 Å². The molecule has 2 amide bonds. The minimum atomic E-state index is -0.439. The third-order valence-corrected chi connectivity index (χ3v) is 6.76. The maximum Gasteiger partial charge on any atom is 0.320 e. The number of rotatable bonds is 6. The van der Waals surface area contributed by atoms with Gasteiger partial charge < -0.3 is 10.6 Å². The summed E-state index contributed by atoms with van der Waals surface area (Å²) >= 11 is 12.5. The summed E-state index contributed by atoms with van der Waals surface area (Å²) in [5, 5.41) is 5.80. The van der Waals surface area contributed by atoms with Crippen LogP contribution in [0.3, 0.4) is 0 Å². The van der Waals surface area contributed by atoms with Gasteiger partial charge in [-0.05, 0) is 44.4 Å². The molecule has 2 aromatic rings. The van der Waals surface area contributed by atoms with Gasteiger partial charge in [0.15, 0.2) is 5.82 Å². The first-order valence-corrected chi connectivity index (χ1v) is 11.3. The van der Waals surface area contributed by atoms with Gasteiger partial charge in [0, 0.05) is 51.0 Å². The number of aryl methyl sites for hydroxylation is 2. The Bertz CT molecular complexity index is 870.